The maximum atomic E-state index is 15.0. The molecule has 9 N–H and O–H groups in total. The van der Waals surface area contributed by atoms with Crippen LogP contribution >= 0.6 is 0 Å². The Morgan fingerprint density at radius 3 is 1.82 bits per heavy atom. The Morgan fingerprint density at radius 1 is 0.677 bits per heavy atom. The van der Waals surface area contributed by atoms with Crippen LogP contribution in [0.25, 0.3) is 0 Å². The molecule has 17 nitrogen and oxygen atoms in total. The van der Waals surface area contributed by atoms with Gasteiger partial charge in [0.05, 0.1) is 30.3 Å². The number of rotatable bonds is 8. The molecule has 4 saturated carbocycles. The van der Waals surface area contributed by atoms with Crippen LogP contribution in [-0.2, 0) is 38.0 Å². The van der Waals surface area contributed by atoms with Gasteiger partial charge in [-0.25, -0.2) is 0 Å². The van der Waals surface area contributed by atoms with E-state index in [9.17, 15) is 50.8 Å². The molecule has 0 radical (unpaired) electrons. The zero-order valence-electron chi connectivity index (χ0n) is 39.4. The van der Waals surface area contributed by atoms with Crippen molar-refractivity contribution in [2.75, 3.05) is 6.61 Å². The number of carbonyl (C=O) groups excluding carboxylic acids is 1. The molecule has 370 valence electrons. The van der Waals surface area contributed by atoms with Gasteiger partial charge in [0, 0.05) is 5.92 Å². The summed E-state index contributed by atoms with van der Waals surface area (Å²) in [6.45, 7) is 17.5. The zero-order valence-corrected chi connectivity index (χ0v) is 39.4. The van der Waals surface area contributed by atoms with Crippen molar-refractivity contribution in [3.63, 3.8) is 0 Å². The molecule has 7 fully saturated rings. The first-order valence-electron chi connectivity index (χ1n) is 24.0. The summed E-state index contributed by atoms with van der Waals surface area (Å²) in [4.78, 5) is 27.6. The zero-order chi connectivity index (χ0) is 47.7. The second-order valence-corrected chi connectivity index (χ2v) is 23.3. The lowest BCUT2D eigenvalue weighted by Crippen LogP contribution is -2.68. The molecule has 8 aliphatic rings. The van der Waals surface area contributed by atoms with E-state index in [2.05, 4.69) is 41.5 Å². The Labute approximate surface area is 381 Å². The minimum Gasteiger partial charge on any atom is -0.481 e. The highest BCUT2D eigenvalue weighted by atomic mass is 16.8. The Balaban J connectivity index is 1.08. The first-order chi connectivity index (χ1) is 30.2. The van der Waals surface area contributed by atoms with Crippen LogP contribution in [0.4, 0.5) is 0 Å². The third-order valence-corrected chi connectivity index (χ3v) is 19.3. The van der Waals surface area contributed by atoms with Crippen LogP contribution in [0.15, 0.2) is 11.6 Å². The molecule has 8 rings (SSSR count). The summed E-state index contributed by atoms with van der Waals surface area (Å²) in [7, 11) is 0. The van der Waals surface area contributed by atoms with Crippen LogP contribution in [-0.4, -0.2) is 163 Å². The molecule has 0 aromatic heterocycles. The van der Waals surface area contributed by atoms with E-state index in [1.165, 1.54) is 13.8 Å². The lowest BCUT2D eigenvalue weighted by Gasteiger charge is -2.70. The molecule has 24 atom stereocenters. The van der Waals surface area contributed by atoms with E-state index in [-0.39, 0.29) is 34.4 Å². The van der Waals surface area contributed by atoms with Crippen LogP contribution in [0.3, 0.4) is 0 Å². The number of ketones is 1. The van der Waals surface area contributed by atoms with E-state index in [4.69, 9.17) is 28.4 Å². The van der Waals surface area contributed by atoms with Gasteiger partial charge in [-0.2, -0.15) is 0 Å². The van der Waals surface area contributed by atoms with Gasteiger partial charge in [0.25, 0.3) is 0 Å². The van der Waals surface area contributed by atoms with Crippen molar-refractivity contribution in [2.24, 2.45) is 50.2 Å². The van der Waals surface area contributed by atoms with Gasteiger partial charge in [0.1, 0.15) is 61.0 Å². The van der Waals surface area contributed by atoms with Crippen LogP contribution in [0.5, 0.6) is 0 Å². The summed E-state index contributed by atoms with van der Waals surface area (Å²) >= 11 is 0. The second kappa shape index (κ2) is 17.0. The number of aliphatic carboxylic acids is 1. The lowest BCUT2D eigenvalue weighted by molar-refractivity contribution is -0.393. The van der Waals surface area contributed by atoms with Gasteiger partial charge < -0.3 is 74.4 Å². The number of allylic oxidation sites excluding steroid dienone is 2. The standard InChI is InChI=1S/C48H76O17/c1-21-29(51)31(53)33(55)39(60-21)64-36-26(20-49)62-41(37(35(36)57)65-40-34(56)32(54)30(52)22(2)61-40)63-28-11-12-46(7)27(43(28,3)4)10-13-48(9)38(46)25(50)18-23-24-19-45(6,42(58)59)15-14-44(24,5)16-17-47(23,48)8/h18,21-22,24,26-41,49,51-57H,10-17,19-20H2,1-9H3,(H,58,59)/t21-,22-,24-,26+,27-,28-,29-,30-,31+,32+,33+,34+,35-,36+,37+,38+,39-,40-,41-,44+,45-,46-,47+,48+/m0/s1. The lowest BCUT2D eigenvalue weighted by atomic mass is 9.33. The minimum absolute atomic E-state index is 0.00216. The summed E-state index contributed by atoms with van der Waals surface area (Å²) in [5.41, 5.74) is -1.56. The molecule has 5 aliphatic carbocycles. The summed E-state index contributed by atoms with van der Waals surface area (Å²) < 4.78 is 37.0. The van der Waals surface area contributed by atoms with E-state index in [1.807, 2.05) is 13.0 Å². The van der Waals surface area contributed by atoms with Crippen molar-refractivity contribution in [1.29, 1.82) is 0 Å². The van der Waals surface area contributed by atoms with E-state index in [1.54, 1.807) is 0 Å². The number of aliphatic hydroxyl groups excluding tert-OH is 8. The topological polar surface area (TPSA) is 272 Å². The molecule has 3 saturated heterocycles. The van der Waals surface area contributed by atoms with Crippen LogP contribution in [0.1, 0.15) is 120 Å². The van der Waals surface area contributed by atoms with Crippen LogP contribution in [0, 0.1) is 50.2 Å². The average molecular weight is 925 g/mol. The van der Waals surface area contributed by atoms with Gasteiger partial charge in [-0.3, -0.25) is 9.59 Å². The van der Waals surface area contributed by atoms with Gasteiger partial charge in [0.15, 0.2) is 24.7 Å². The third-order valence-electron chi connectivity index (χ3n) is 19.3. The predicted molar refractivity (Wildman–Crippen MR) is 228 cm³/mol. The van der Waals surface area contributed by atoms with Gasteiger partial charge in [-0.15, -0.1) is 0 Å². The van der Waals surface area contributed by atoms with Crippen molar-refractivity contribution >= 4 is 11.8 Å². The summed E-state index contributed by atoms with van der Waals surface area (Å²) in [6.07, 6.45) is -14.5. The van der Waals surface area contributed by atoms with Crippen molar-refractivity contribution in [2.45, 2.75) is 218 Å². The van der Waals surface area contributed by atoms with E-state index >= 15 is 4.79 Å². The molecule has 65 heavy (non-hydrogen) atoms. The normalized spacial score (nSPS) is 55.5. The molecule has 0 amide bonds. The van der Waals surface area contributed by atoms with Gasteiger partial charge >= 0.3 is 5.97 Å². The van der Waals surface area contributed by atoms with Gasteiger partial charge in [-0.05, 0) is 124 Å². The van der Waals surface area contributed by atoms with Crippen LogP contribution in [0.2, 0.25) is 0 Å². The van der Waals surface area contributed by atoms with Gasteiger partial charge in [0.2, 0.25) is 0 Å². The van der Waals surface area contributed by atoms with Crippen LogP contribution < -0.4 is 0 Å². The maximum Gasteiger partial charge on any atom is 0.309 e. The van der Waals surface area contributed by atoms with Crippen molar-refractivity contribution in [3.8, 4) is 0 Å². The smallest absolute Gasteiger partial charge is 0.309 e. The maximum absolute atomic E-state index is 15.0. The minimum atomic E-state index is -1.77. The number of fused-ring (bicyclic) bond motifs is 7. The first-order valence-corrected chi connectivity index (χ1v) is 24.0. The van der Waals surface area contributed by atoms with E-state index in [0.717, 1.165) is 37.7 Å². The number of hydrogen-bond donors (Lipinski definition) is 9. The fourth-order valence-corrected chi connectivity index (χ4v) is 14.8. The Morgan fingerprint density at radius 2 is 1.25 bits per heavy atom. The molecular formula is C48H76O17. The fraction of sp³-hybridized carbons (Fsp3) is 0.917. The Hall–Kier alpha value is -1.68. The molecule has 0 aromatic carbocycles. The molecule has 3 heterocycles. The first kappa shape index (κ1) is 49.7. The molecule has 0 spiro atoms. The third kappa shape index (κ3) is 7.64. The SMILES string of the molecule is C[C@@H]1O[C@@H](O[C@H]2[C@H](O[C@H]3CC[C@]4(C)[C@H]5C(=O)C=C6[C@@H]7C[C@@](C)(C(=O)O)CC[C@]7(C)CC[C@@]6(C)[C@]5(C)CC[C@H]4C3(C)C)O[C@H](CO)[C@@H](O[C@@H]3O[C@@H](C)[C@H](O)[C@@H](O)[C@H]3O)[C@@H]2O)[C@H](O)[C@H](O)[C@H]1O. The molecular weight excluding hydrogens is 849 g/mol. The molecule has 0 unspecified atom stereocenters. The highest BCUT2D eigenvalue weighted by molar-refractivity contribution is 5.95. The number of carboxylic acids is 1. The molecule has 0 aromatic rings. The fourth-order valence-electron chi connectivity index (χ4n) is 14.8. The molecule has 0 bridgehead atoms. The predicted octanol–water partition coefficient (Wildman–Crippen LogP) is 1.94. The highest BCUT2D eigenvalue weighted by Gasteiger charge is 2.71. The Bertz CT molecular complexity index is 1840. The quantitative estimate of drug-likeness (QED) is 0.157. The Kier molecular flexibility index (Phi) is 13.0. The monoisotopic (exact) mass is 925 g/mol. The number of carbonyl (C=O) groups is 2. The summed E-state index contributed by atoms with van der Waals surface area (Å²) in [5.74, 6) is -1.01. The average Bonchev–Trinajstić information content (AvgIpc) is 3.24. The molecule has 17 heteroatoms. The number of carboxylic acid groups (broad SMARTS) is 1. The summed E-state index contributed by atoms with van der Waals surface area (Å²) in [6, 6.07) is 0. The van der Waals surface area contributed by atoms with E-state index < -0.39 is 132 Å². The largest absolute Gasteiger partial charge is 0.481 e. The summed E-state index contributed by atoms with van der Waals surface area (Å²) in [5, 5.41) is 96.9. The number of aliphatic hydroxyl groups is 8. The van der Waals surface area contributed by atoms with Gasteiger partial charge in [-0.1, -0.05) is 47.1 Å². The van der Waals surface area contributed by atoms with Crippen molar-refractivity contribution in [3.05, 3.63) is 11.6 Å². The highest BCUT2D eigenvalue weighted by Crippen LogP contribution is 2.75. The number of ether oxygens (including phenoxy) is 6. The van der Waals surface area contributed by atoms with Crippen molar-refractivity contribution in [1.82, 2.24) is 0 Å². The van der Waals surface area contributed by atoms with E-state index in [0.29, 0.717) is 25.7 Å². The number of hydrogen-bond acceptors (Lipinski definition) is 16. The van der Waals surface area contributed by atoms with Crippen molar-refractivity contribution < 1.29 is 84.0 Å². The molecule has 3 aliphatic heterocycles. The second-order valence-electron chi connectivity index (χ2n) is 23.3.